The van der Waals surface area contributed by atoms with Crippen LogP contribution in [0.15, 0.2) is 0 Å². The molecule has 2 fully saturated rings. The van der Waals surface area contributed by atoms with Gasteiger partial charge in [-0.25, -0.2) is 0 Å². The third-order valence-corrected chi connectivity index (χ3v) is 6.58. The van der Waals surface area contributed by atoms with Crippen LogP contribution in [-0.4, -0.2) is 41.9 Å². The SMILES string of the molecule is CCC1O[C@@H](O[C@H]2C(CC)OC(C)C(O)[C@H]2C)C(C)[C@@H](C)[C@H]1CC.[Ac]. The first-order valence-corrected chi connectivity index (χ1v) is 9.99. The molecule has 5 unspecified atom stereocenters. The van der Waals surface area contributed by atoms with Crippen molar-refractivity contribution in [3.05, 3.63) is 0 Å². The maximum absolute atomic E-state index is 10.4. The largest absolute Gasteiger partial charge is 0.390 e. The monoisotopic (exact) mass is 569 g/mol. The number of aliphatic hydroxyl groups excluding tert-OH is 1. The topological polar surface area (TPSA) is 47.9 Å². The molecule has 0 aromatic rings. The first-order chi connectivity index (χ1) is 11.3. The minimum absolute atomic E-state index is 0. The molecule has 0 saturated carbocycles. The molecule has 0 bridgehead atoms. The molecular formula is C20H38AcO4. The molecule has 0 aromatic heterocycles. The van der Waals surface area contributed by atoms with Gasteiger partial charge in [-0.05, 0) is 31.6 Å². The van der Waals surface area contributed by atoms with Crippen LogP contribution in [0.2, 0.25) is 0 Å². The Balaban J connectivity index is 0.00000312. The van der Waals surface area contributed by atoms with Crippen molar-refractivity contribution >= 4 is 0 Å². The second-order valence-electron chi connectivity index (χ2n) is 7.98. The molecular weight excluding hydrogens is 531 g/mol. The van der Waals surface area contributed by atoms with Crippen LogP contribution in [0.25, 0.3) is 0 Å². The van der Waals surface area contributed by atoms with Crippen LogP contribution in [0.5, 0.6) is 0 Å². The van der Waals surface area contributed by atoms with Crippen molar-refractivity contribution in [2.45, 2.75) is 105 Å². The average Bonchev–Trinajstić information content (AvgIpc) is 2.58. The Morgan fingerprint density at radius 3 is 1.92 bits per heavy atom. The minimum Gasteiger partial charge on any atom is -0.390 e. The van der Waals surface area contributed by atoms with Crippen LogP contribution in [-0.2, 0) is 14.2 Å². The number of aliphatic hydroxyl groups is 1. The standard InChI is InChI=1S/C20H38O4.Ac/c1-8-15-11(4)12(5)20(23-16(15)9-2)24-19-13(6)18(21)14(7)22-17(19)10-3;/h11-21H,8-10H2,1-7H3;/t11-,12?,13-,14?,15-,16?,17?,18?,19-,20+;/m1./s1. The van der Waals surface area contributed by atoms with Gasteiger partial charge in [0.2, 0.25) is 0 Å². The van der Waals surface area contributed by atoms with E-state index in [0.717, 1.165) is 19.3 Å². The van der Waals surface area contributed by atoms with Gasteiger partial charge in [0.15, 0.2) is 6.29 Å². The fourth-order valence-electron chi connectivity index (χ4n) is 4.65. The van der Waals surface area contributed by atoms with Gasteiger partial charge in [-0.1, -0.05) is 48.0 Å². The summed E-state index contributed by atoms with van der Waals surface area (Å²) in [7, 11) is 0. The normalized spacial score (nSPS) is 48.0. The van der Waals surface area contributed by atoms with Crippen molar-refractivity contribution in [1.29, 1.82) is 0 Å². The van der Waals surface area contributed by atoms with Gasteiger partial charge in [0, 0.05) is 55.9 Å². The number of rotatable bonds is 5. The predicted octanol–water partition coefficient (Wildman–Crippen LogP) is 4.00. The van der Waals surface area contributed by atoms with E-state index >= 15 is 0 Å². The van der Waals surface area contributed by atoms with E-state index in [1.54, 1.807) is 0 Å². The summed E-state index contributed by atoms with van der Waals surface area (Å²) < 4.78 is 18.8. The second kappa shape index (κ2) is 10.7. The third-order valence-electron chi connectivity index (χ3n) is 6.58. The third kappa shape index (κ3) is 5.21. The summed E-state index contributed by atoms with van der Waals surface area (Å²) in [5, 5.41) is 10.4. The Bertz CT molecular complexity index is 390. The van der Waals surface area contributed by atoms with E-state index in [0.29, 0.717) is 17.8 Å². The van der Waals surface area contributed by atoms with Crippen molar-refractivity contribution in [1.82, 2.24) is 0 Å². The van der Waals surface area contributed by atoms with Crippen LogP contribution >= 0.6 is 0 Å². The van der Waals surface area contributed by atoms with E-state index in [9.17, 15) is 5.11 Å². The van der Waals surface area contributed by atoms with Crippen LogP contribution in [0, 0.1) is 67.7 Å². The Kier molecular flexibility index (Phi) is 10.4. The summed E-state index contributed by atoms with van der Waals surface area (Å²) in [5.74, 6) is 1.56. The maximum atomic E-state index is 10.4. The molecule has 2 saturated heterocycles. The summed E-state index contributed by atoms with van der Waals surface area (Å²) >= 11 is 0. The van der Waals surface area contributed by atoms with Gasteiger partial charge in [-0.15, -0.1) is 0 Å². The van der Waals surface area contributed by atoms with Crippen molar-refractivity contribution in [3.8, 4) is 0 Å². The van der Waals surface area contributed by atoms with Gasteiger partial charge >= 0.3 is 0 Å². The Morgan fingerprint density at radius 2 is 1.40 bits per heavy atom. The zero-order valence-corrected chi connectivity index (χ0v) is 21.9. The molecule has 2 heterocycles. The summed E-state index contributed by atoms with van der Waals surface area (Å²) in [6.45, 7) is 15.1. The molecule has 145 valence electrons. The first-order valence-electron chi connectivity index (χ1n) is 9.99. The molecule has 2 aliphatic rings. The van der Waals surface area contributed by atoms with Crippen molar-refractivity contribution < 1.29 is 63.4 Å². The van der Waals surface area contributed by atoms with E-state index in [4.69, 9.17) is 14.2 Å². The van der Waals surface area contributed by atoms with Crippen molar-refractivity contribution in [2.75, 3.05) is 0 Å². The molecule has 2 aliphatic heterocycles. The first kappa shape index (κ1) is 24.3. The Labute approximate surface area is 190 Å². The van der Waals surface area contributed by atoms with E-state index < -0.39 is 6.10 Å². The molecule has 10 atom stereocenters. The number of hydrogen-bond acceptors (Lipinski definition) is 4. The van der Waals surface area contributed by atoms with Crippen molar-refractivity contribution in [2.24, 2.45) is 23.7 Å². The van der Waals surface area contributed by atoms with E-state index in [1.807, 2.05) is 6.92 Å². The molecule has 0 amide bonds. The average molecular weight is 570 g/mol. The molecule has 25 heavy (non-hydrogen) atoms. The summed E-state index contributed by atoms with van der Waals surface area (Å²) in [6.07, 6.45) is 2.38. The number of hydrogen-bond donors (Lipinski definition) is 1. The minimum atomic E-state index is -0.487. The quantitative estimate of drug-likeness (QED) is 0.544. The Hall–Kier alpha value is 1.28. The molecule has 4 nitrogen and oxygen atoms in total. The van der Waals surface area contributed by atoms with Crippen LogP contribution in [0.1, 0.15) is 67.7 Å². The van der Waals surface area contributed by atoms with Crippen LogP contribution in [0.4, 0.5) is 0 Å². The molecule has 0 aliphatic carbocycles. The molecule has 1 N–H and O–H groups in total. The smallest absolute Gasteiger partial charge is 0.161 e. The Morgan fingerprint density at radius 1 is 0.800 bits per heavy atom. The summed E-state index contributed by atoms with van der Waals surface area (Å²) in [5.41, 5.74) is 0. The summed E-state index contributed by atoms with van der Waals surface area (Å²) in [4.78, 5) is 0. The second-order valence-corrected chi connectivity index (χ2v) is 7.98. The fourth-order valence-corrected chi connectivity index (χ4v) is 4.65. The van der Waals surface area contributed by atoms with Crippen LogP contribution in [0.3, 0.4) is 0 Å². The van der Waals surface area contributed by atoms with E-state index in [1.165, 1.54) is 0 Å². The van der Waals surface area contributed by atoms with E-state index in [2.05, 4.69) is 41.5 Å². The summed E-state index contributed by atoms with van der Waals surface area (Å²) in [6, 6.07) is 0. The molecule has 0 spiro atoms. The van der Waals surface area contributed by atoms with Gasteiger partial charge in [0.1, 0.15) is 0 Å². The predicted molar refractivity (Wildman–Crippen MR) is 95.7 cm³/mol. The number of ether oxygens (including phenoxy) is 3. The van der Waals surface area contributed by atoms with Gasteiger partial charge in [0.05, 0.1) is 30.5 Å². The zero-order chi connectivity index (χ0) is 18.0. The van der Waals surface area contributed by atoms with Crippen LogP contribution < -0.4 is 0 Å². The molecule has 1 radical (unpaired) electrons. The van der Waals surface area contributed by atoms with Gasteiger partial charge in [-0.3, -0.25) is 0 Å². The maximum Gasteiger partial charge on any atom is 0.161 e. The molecule has 5 heteroatoms. The van der Waals surface area contributed by atoms with E-state index in [-0.39, 0.29) is 80.7 Å². The zero-order valence-electron chi connectivity index (χ0n) is 17.1. The van der Waals surface area contributed by atoms with Crippen molar-refractivity contribution in [3.63, 3.8) is 0 Å². The van der Waals surface area contributed by atoms with Gasteiger partial charge < -0.3 is 19.3 Å². The fraction of sp³-hybridized carbons (Fsp3) is 1.00. The van der Waals surface area contributed by atoms with Gasteiger partial charge in [-0.2, -0.15) is 0 Å². The van der Waals surface area contributed by atoms with Gasteiger partial charge in [0.25, 0.3) is 0 Å². The molecule has 0 aromatic carbocycles. The molecule has 2 rings (SSSR count).